The summed E-state index contributed by atoms with van der Waals surface area (Å²) in [6, 6.07) is 0. The standard InChI is InChI=1S/C5H7NO4/c1-6(4(7)8)5-9-2-3-10-5/h2-3,5H,1H3,(H,7,8). The first-order valence-corrected chi connectivity index (χ1v) is 2.63. The highest BCUT2D eigenvalue weighted by atomic mass is 16.7. The van der Waals surface area contributed by atoms with E-state index in [0.717, 1.165) is 4.90 Å². The molecule has 1 N–H and O–H groups in total. The molecule has 1 aliphatic rings. The van der Waals surface area contributed by atoms with Gasteiger partial charge in [-0.2, -0.15) is 0 Å². The summed E-state index contributed by atoms with van der Waals surface area (Å²) in [5.74, 6) is 0. The van der Waals surface area contributed by atoms with Crippen LogP contribution in [0.5, 0.6) is 0 Å². The first-order valence-electron chi connectivity index (χ1n) is 2.63. The number of ether oxygens (including phenoxy) is 2. The summed E-state index contributed by atoms with van der Waals surface area (Å²) < 4.78 is 9.44. The predicted molar refractivity (Wildman–Crippen MR) is 30.9 cm³/mol. The van der Waals surface area contributed by atoms with Crippen LogP contribution in [0.25, 0.3) is 0 Å². The molecule has 0 bridgehead atoms. The number of nitrogens with zero attached hydrogens (tertiary/aromatic N) is 1. The Hall–Kier alpha value is -1.39. The predicted octanol–water partition coefficient (Wildman–Crippen LogP) is 0.398. The molecule has 0 aliphatic carbocycles. The Morgan fingerprint density at radius 2 is 2.10 bits per heavy atom. The van der Waals surface area contributed by atoms with Gasteiger partial charge in [-0.3, -0.25) is 0 Å². The molecule has 0 saturated carbocycles. The van der Waals surface area contributed by atoms with Gasteiger partial charge in [0.1, 0.15) is 12.5 Å². The Morgan fingerprint density at radius 3 is 2.50 bits per heavy atom. The van der Waals surface area contributed by atoms with Crippen LogP contribution in [0, 0.1) is 0 Å². The fraction of sp³-hybridized carbons (Fsp3) is 0.400. The van der Waals surface area contributed by atoms with Gasteiger partial charge in [0.15, 0.2) is 0 Å². The molecule has 0 radical (unpaired) electrons. The van der Waals surface area contributed by atoms with Gasteiger partial charge in [-0.05, 0) is 0 Å². The third-order valence-electron chi connectivity index (χ3n) is 1.06. The van der Waals surface area contributed by atoms with E-state index in [4.69, 9.17) is 14.6 Å². The second-order valence-corrected chi connectivity index (χ2v) is 1.74. The van der Waals surface area contributed by atoms with E-state index in [2.05, 4.69) is 0 Å². The first-order chi connectivity index (χ1) is 4.72. The zero-order chi connectivity index (χ0) is 7.56. The monoisotopic (exact) mass is 145 g/mol. The molecule has 1 rings (SSSR count). The van der Waals surface area contributed by atoms with Crippen LogP contribution in [0.1, 0.15) is 0 Å². The van der Waals surface area contributed by atoms with E-state index in [0.29, 0.717) is 0 Å². The molecule has 1 aliphatic heterocycles. The second kappa shape index (κ2) is 2.47. The summed E-state index contributed by atoms with van der Waals surface area (Å²) in [7, 11) is 1.36. The van der Waals surface area contributed by atoms with Gasteiger partial charge in [-0.25, -0.2) is 9.69 Å². The third kappa shape index (κ3) is 1.12. The van der Waals surface area contributed by atoms with Crippen molar-refractivity contribution in [1.29, 1.82) is 0 Å². The normalized spacial score (nSPS) is 16.1. The van der Waals surface area contributed by atoms with Crippen molar-refractivity contribution in [3.63, 3.8) is 0 Å². The van der Waals surface area contributed by atoms with Gasteiger partial charge in [0, 0.05) is 7.05 Å². The molecule has 1 heterocycles. The van der Waals surface area contributed by atoms with Crippen LogP contribution in [0.15, 0.2) is 12.5 Å². The molecule has 0 aromatic rings. The maximum atomic E-state index is 10.2. The van der Waals surface area contributed by atoms with Crippen LogP contribution in [0.2, 0.25) is 0 Å². The first kappa shape index (κ1) is 6.73. The molecule has 1 amide bonds. The van der Waals surface area contributed by atoms with Crippen molar-refractivity contribution in [2.75, 3.05) is 7.05 Å². The Bertz CT molecular complexity index is 159. The van der Waals surface area contributed by atoms with Crippen molar-refractivity contribution >= 4 is 6.09 Å². The molecule has 5 heteroatoms. The summed E-state index contributed by atoms with van der Waals surface area (Å²) in [6.07, 6.45) is 0.681. The fourth-order valence-electron chi connectivity index (χ4n) is 0.503. The SMILES string of the molecule is CN(C(=O)O)C1OC=CO1. The summed E-state index contributed by atoms with van der Waals surface area (Å²) in [6.45, 7) is 0. The quantitative estimate of drug-likeness (QED) is 0.580. The van der Waals surface area contributed by atoms with Gasteiger partial charge in [-0.15, -0.1) is 0 Å². The molecule has 56 valence electrons. The third-order valence-corrected chi connectivity index (χ3v) is 1.06. The zero-order valence-corrected chi connectivity index (χ0v) is 5.35. The molecule has 0 atom stereocenters. The van der Waals surface area contributed by atoms with E-state index in [9.17, 15) is 4.79 Å². The molecule has 10 heavy (non-hydrogen) atoms. The second-order valence-electron chi connectivity index (χ2n) is 1.74. The van der Waals surface area contributed by atoms with E-state index in [1.807, 2.05) is 0 Å². The molecule has 5 nitrogen and oxygen atoms in total. The molecular formula is C5H7NO4. The lowest BCUT2D eigenvalue weighted by Crippen LogP contribution is -2.36. The van der Waals surface area contributed by atoms with Gasteiger partial charge < -0.3 is 14.6 Å². The van der Waals surface area contributed by atoms with E-state index in [-0.39, 0.29) is 0 Å². The van der Waals surface area contributed by atoms with E-state index >= 15 is 0 Å². The maximum Gasteiger partial charge on any atom is 0.412 e. The molecular weight excluding hydrogens is 138 g/mol. The topological polar surface area (TPSA) is 59.0 Å². The van der Waals surface area contributed by atoms with Crippen molar-refractivity contribution in [2.24, 2.45) is 0 Å². The van der Waals surface area contributed by atoms with Crippen molar-refractivity contribution in [3.05, 3.63) is 12.5 Å². The fourth-order valence-corrected chi connectivity index (χ4v) is 0.503. The smallest absolute Gasteiger partial charge is 0.412 e. The Labute approximate surface area is 57.4 Å². The number of hydrogen-bond acceptors (Lipinski definition) is 3. The summed E-state index contributed by atoms with van der Waals surface area (Å²) in [5, 5.41) is 8.38. The molecule has 0 unspecified atom stereocenters. The number of amides is 1. The summed E-state index contributed by atoms with van der Waals surface area (Å²) in [4.78, 5) is 11.1. The Kier molecular flexibility index (Phi) is 1.66. The molecule has 0 spiro atoms. The minimum absolute atomic E-state index is 0.822. The summed E-state index contributed by atoms with van der Waals surface area (Å²) in [5.41, 5.74) is 0. The Balaban J connectivity index is 2.42. The van der Waals surface area contributed by atoms with E-state index in [1.54, 1.807) is 0 Å². The number of carbonyl (C=O) groups is 1. The van der Waals surface area contributed by atoms with Gasteiger partial charge in [0.2, 0.25) is 0 Å². The maximum absolute atomic E-state index is 10.2. The lowest BCUT2D eigenvalue weighted by molar-refractivity contribution is -0.113. The van der Waals surface area contributed by atoms with Crippen LogP contribution >= 0.6 is 0 Å². The average molecular weight is 145 g/mol. The van der Waals surface area contributed by atoms with Crippen LogP contribution in [0.3, 0.4) is 0 Å². The molecule has 0 fully saturated rings. The van der Waals surface area contributed by atoms with Crippen LogP contribution in [0.4, 0.5) is 4.79 Å². The highest BCUT2D eigenvalue weighted by molar-refractivity contribution is 5.64. The summed E-state index contributed by atoms with van der Waals surface area (Å²) >= 11 is 0. The van der Waals surface area contributed by atoms with Gasteiger partial charge in [0.25, 0.3) is 0 Å². The number of hydrogen-bond donors (Lipinski definition) is 1. The average Bonchev–Trinajstić information content (AvgIpc) is 2.36. The van der Waals surface area contributed by atoms with Gasteiger partial charge in [-0.1, -0.05) is 0 Å². The van der Waals surface area contributed by atoms with E-state index < -0.39 is 12.5 Å². The van der Waals surface area contributed by atoms with Crippen molar-refractivity contribution in [2.45, 2.75) is 6.41 Å². The minimum Gasteiger partial charge on any atom is -0.465 e. The zero-order valence-electron chi connectivity index (χ0n) is 5.35. The highest BCUT2D eigenvalue weighted by Crippen LogP contribution is 2.08. The molecule has 0 aromatic carbocycles. The number of rotatable bonds is 1. The molecule has 0 aromatic heterocycles. The van der Waals surface area contributed by atoms with Crippen molar-refractivity contribution < 1.29 is 19.4 Å². The van der Waals surface area contributed by atoms with Gasteiger partial charge >= 0.3 is 12.5 Å². The minimum atomic E-state index is -1.09. The highest BCUT2D eigenvalue weighted by Gasteiger charge is 2.22. The Morgan fingerprint density at radius 1 is 1.60 bits per heavy atom. The molecule has 0 saturated heterocycles. The van der Waals surface area contributed by atoms with Crippen LogP contribution < -0.4 is 0 Å². The lowest BCUT2D eigenvalue weighted by atomic mass is 10.8. The lowest BCUT2D eigenvalue weighted by Gasteiger charge is -2.18. The van der Waals surface area contributed by atoms with E-state index in [1.165, 1.54) is 19.6 Å². The van der Waals surface area contributed by atoms with Crippen LogP contribution in [-0.4, -0.2) is 29.6 Å². The van der Waals surface area contributed by atoms with Crippen molar-refractivity contribution in [1.82, 2.24) is 4.90 Å². The van der Waals surface area contributed by atoms with Crippen molar-refractivity contribution in [3.8, 4) is 0 Å². The number of carboxylic acid groups (broad SMARTS) is 1. The van der Waals surface area contributed by atoms with Crippen LogP contribution in [-0.2, 0) is 9.47 Å². The van der Waals surface area contributed by atoms with Gasteiger partial charge in [0.05, 0.1) is 0 Å². The largest absolute Gasteiger partial charge is 0.465 e.